The molecule has 1 aromatic carbocycles. The molecular formula is C14H16FNOS. The van der Waals surface area contributed by atoms with Crippen molar-refractivity contribution < 1.29 is 9.13 Å². The fourth-order valence-corrected chi connectivity index (χ4v) is 3.09. The Morgan fingerprint density at radius 3 is 2.67 bits per heavy atom. The average Bonchev–Trinajstić information content (AvgIpc) is 2.77. The Hall–Kier alpha value is -1.39. The summed E-state index contributed by atoms with van der Waals surface area (Å²) in [5, 5.41) is 5.27. The Balaban J connectivity index is 2.51. The van der Waals surface area contributed by atoms with E-state index in [0.717, 1.165) is 5.56 Å². The summed E-state index contributed by atoms with van der Waals surface area (Å²) in [6.45, 7) is 2.06. The predicted molar refractivity (Wildman–Crippen MR) is 72.9 cm³/mol. The summed E-state index contributed by atoms with van der Waals surface area (Å²) in [5.74, 6) is 0.448. The lowest BCUT2D eigenvalue weighted by Gasteiger charge is -2.19. The van der Waals surface area contributed by atoms with Crippen LogP contribution in [0.2, 0.25) is 0 Å². The number of nitrogens with one attached hydrogen (secondary N) is 1. The molecule has 0 bridgehead atoms. The van der Waals surface area contributed by atoms with Crippen molar-refractivity contribution in [2.24, 2.45) is 0 Å². The largest absolute Gasteiger partial charge is 0.496 e. The summed E-state index contributed by atoms with van der Waals surface area (Å²) < 4.78 is 18.8. The van der Waals surface area contributed by atoms with Crippen molar-refractivity contribution >= 4 is 11.3 Å². The molecule has 2 nitrogen and oxygen atoms in total. The normalized spacial score (nSPS) is 12.4. The fourth-order valence-electron chi connectivity index (χ4n) is 2.04. The first-order valence-electron chi connectivity index (χ1n) is 5.72. The lowest BCUT2D eigenvalue weighted by atomic mass is 10.0. The molecule has 18 heavy (non-hydrogen) atoms. The van der Waals surface area contributed by atoms with Gasteiger partial charge < -0.3 is 10.1 Å². The Labute approximate surface area is 110 Å². The summed E-state index contributed by atoms with van der Waals surface area (Å²) in [6, 6.07) is 6.62. The standard InChI is InChI=1S/C14H16FNOS/c1-9-6-7-18-14(9)13(16-2)11-8-10(15)4-5-12(11)17-3/h4-8,13,16H,1-3H3. The van der Waals surface area contributed by atoms with Gasteiger partial charge in [-0.05, 0) is 49.2 Å². The van der Waals surface area contributed by atoms with E-state index in [9.17, 15) is 4.39 Å². The van der Waals surface area contributed by atoms with Crippen LogP contribution in [0.25, 0.3) is 0 Å². The number of hydrogen-bond donors (Lipinski definition) is 1. The molecule has 1 unspecified atom stereocenters. The van der Waals surface area contributed by atoms with Crippen LogP contribution in [-0.2, 0) is 0 Å². The lowest BCUT2D eigenvalue weighted by molar-refractivity contribution is 0.404. The number of benzene rings is 1. The molecule has 2 aromatic rings. The summed E-state index contributed by atoms with van der Waals surface area (Å²) in [5.41, 5.74) is 2.02. The van der Waals surface area contributed by atoms with Gasteiger partial charge in [0.15, 0.2) is 0 Å². The van der Waals surface area contributed by atoms with Crippen molar-refractivity contribution in [3.8, 4) is 5.75 Å². The minimum absolute atomic E-state index is 0.0457. The molecule has 1 N–H and O–H groups in total. The third-order valence-electron chi connectivity index (χ3n) is 2.96. The Morgan fingerprint density at radius 1 is 1.33 bits per heavy atom. The molecule has 2 rings (SSSR count). The molecule has 0 saturated heterocycles. The maximum Gasteiger partial charge on any atom is 0.124 e. The monoisotopic (exact) mass is 265 g/mol. The van der Waals surface area contributed by atoms with E-state index in [-0.39, 0.29) is 11.9 Å². The first kappa shape index (κ1) is 13.1. The van der Waals surface area contributed by atoms with Crippen molar-refractivity contribution in [1.29, 1.82) is 0 Å². The highest BCUT2D eigenvalue weighted by molar-refractivity contribution is 7.10. The first-order chi connectivity index (χ1) is 8.67. The number of methoxy groups -OCH3 is 1. The molecule has 0 aliphatic carbocycles. The van der Waals surface area contributed by atoms with E-state index in [2.05, 4.69) is 18.3 Å². The molecular weight excluding hydrogens is 249 g/mol. The van der Waals surface area contributed by atoms with Crippen LogP contribution in [0.5, 0.6) is 5.75 Å². The van der Waals surface area contributed by atoms with Gasteiger partial charge in [0.05, 0.1) is 13.2 Å². The molecule has 1 heterocycles. The maximum atomic E-state index is 13.4. The molecule has 1 aromatic heterocycles. The van der Waals surface area contributed by atoms with E-state index in [1.165, 1.54) is 22.6 Å². The molecule has 0 spiro atoms. The van der Waals surface area contributed by atoms with Crippen LogP contribution in [0.1, 0.15) is 22.0 Å². The Kier molecular flexibility index (Phi) is 3.99. The molecule has 0 saturated carbocycles. The van der Waals surface area contributed by atoms with Crippen LogP contribution < -0.4 is 10.1 Å². The summed E-state index contributed by atoms with van der Waals surface area (Å²) in [4.78, 5) is 1.18. The second kappa shape index (κ2) is 5.50. The number of ether oxygens (including phenoxy) is 1. The summed E-state index contributed by atoms with van der Waals surface area (Å²) in [6.07, 6.45) is 0. The van der Waals surface area contributed by atoms with Crippen molar-refractivity contribution in [3.05, 3.63) is 51.5 Å². The fraction of sp³-hybridized carbons (Fsp3) is 0.286. The van der Waals surface area contributed by atoms with E-state index >= 15 is 0 Å². The van der Waals surface area contributed by atoms with E-state index in [1.54, 1.807) is 24.5 Å². The second-order valence-electron chi connectivity index (χ2n) is 4.08. The summed E-state index contributed by atoms with van der Waals surface area (Å²) >= 11 is 1.66. The predicted octanol–water partition coefficient (Wildman–Crippen LogP) is 3.51. The first-order valence-corrected chi connectivity index (χ1v) is 6.60. The van der Waals surface area contributed by atoms with Gasteiger partial charge >= 0.3 is 0 Å². The van der Waals surface area contributed by atoms with Gasteiger partial charge in [-0.2, -0.15) is 0 Å². The van der Waals surface area contributed by atoms with Gasteiger partial charge in [0.2, 0.25) is 0 Å². The van der Waals surface area contributed by atoms with Gasteiger partial charge in [0.1, 0.15) is 11.6 Å². The van der Waals surface area contributed by atoms with Gasteiger partial charge in [-0.3, -0.25) is 0 Å². The molecule has 0 aliphatic rings. The highest BCUT2D eigenvalue weighted by atomic mass is 32.1. The van der Waals surface area contributed by atoms with E-state index in [4.69, 9.17) is 4.74 Å². The quantitative estimate of drug-likeness (QED) is 0.913. The van der Waals surface area contributed by atoms with Crippen LogP contribution >= 0.6 is 11.3 Å². The number of halogens is 1. The minimum Gasteiger partial charge on any atom is -0.496 e. The SMILES string of the molecule is CNC(c1cc(F)ccc1OC)c1sccc1C. The number of hydrogen-bond acceptors (Lipinski definition) is 3. The highest BCUT2D eigenvalue weighted by Gasteiger charge is 2.20. The average molecular weight is 265 g/mol. The number of rotatable bonds is 4. The molecule has 0 radical (unpaired) electrons. The van der Waals surface area contributed by atoms with E-state index in [0.29, 0.717) is 5.75 Å². The third kappa shape index (κ3) is 2.40. The van der Waals surface area contributed by atoms with Crippen LogP contribution in [-0.4, -0.2) is 14.2 Å². The van der Waals surface area contributed by atoms with Gasteiger partial charge in [-0.15, -0.1) is 11.3 Å². The molecule has 0 aliphatic heterocycles. The Morgan fingerprint density at radius 2 is 2.11 bits per heavy atom. The molecule has 4 heteroatoms. The number of thiophene rings is 1. The van der Waals surface area contributed by atoms with Gasteiger partial charge in [0, 0.05) is 10.4 Å². The lowest BCUT2D eigenvalue weighted by Crippen LogP contribution is -2.18. The Bertz CT molecular complexity index is 538. The van der Waals surface area contributed by atoms with Gasteiger partial charge in [-0.25, -0.2) is 4.39 Å². The van der Waals surface area contributed by atoms with Crippen LogP contribution in [0, 0.1) is 12.7 Å². The van der Waals surface area contributed by atoms with E-state index in [1.807, 2.05) is 12.4 Å². The van der Waals surface area contributed by atoms with Gasteiger partial charge in [0.25, 0.3) is 0 Å². The van der Waals surface area contributed by atoms with E-state index < -0.39 is 0 Å². The topological polar surface area (TPSA) is 21.3 Å². The maximum absolute atomic E-state index is 13.4. The zero-order chi connectivity index (χ0) is 13.1. The van der Waals surface area contributed by atoms with Crippen molar-refractivity contribution in [2.75, 3.05) is 14.2 Å². The van der Waals surface area contributed by atoms with Crippen molar-refractivity contribution in [2.45, 2.75) is 13.0 Å². The third-order valence-corrected chi connectivity index (χ3v) is 4.04. The zero-order valence-electron chi connectivity index (χ0n) is 10.7. The number of aryl methyl sites for hydroxylation is 1. The molecule has 0 fully saturated rings. The van der Waals surface area contributed by atoms with Crippen molar-refractivity contribution in [3.63, 3.8) is 0 Å². The van der Waals surface area contributed by atoms with Crippen LogP contribution in [0.3, 0.4) is 0 Å². The van der Waals surface area contributed by atoms with Crippen LogP contribution in [0.4, 0.5) is 4.39 Å². The summed E-state index contributed by atoms with van der Waals surface area (Å²) in [7, 11) is 3.47. The zero-order valence-corrected chi connectivity index (χ0v) is 11.5. The van der Waals surface area contributed by atoms with Crippen LogP contribution in [0.15, 0.2) is 29.6 Å². The molecule has 0 amide bonds. The van der Waals surface area contributed by atoms with Gasteiger partial charge in [-0.1, -0.05) is 0 Å². The molecule has 1 atom stereocenters. The second-order valence-corrected chi connectivity index (χ2v) is 5.02. The van der Waals surface area contributed by atoms with Crippen molar-refractivity contribution in [1.82, 2.24) is 5.32 Å². The minimum atomic E-state index is -0.250. The molecule has 96 valence electrons. The smallest absolute Gasteiger partial charge is 0.124 e. The highest BCUT2D eigenvalue weighted by Crippen LogP contribution is 2.34.